The van der Waals surface area contributed by atoms with E-state index in [2.05, 4.69) is 16.8 Å². The Kier molecular flexibility index (Phi) is 11.2. The molecule has 11 heteroatoms. The molecule has 1 aliphatic heterocycles. The van der Waals surface area contributed by atoms with Crippen molar-refractivity contribution < 1.29 is 37.9 Å². The zero-order valence-corrected chi connectivity index (χ0v) is 20.1. The van der Waals surface area contributed by atoms with Gasteiger partial charge in [0.1, 0.15) is 0 Å². The average Bonchev–Trinajstić information content (AvgIpc) is 2.87. The molecule has 1 aliphatic rings. The second-order valence-electron chi connectivity index (χ2n) is 8.22. The summed E-state index contributed by atoms with van der Waals surface area (Å²) >= 11 is 0. The molecule has 1 saturated heterocycles. The van der Waals surface area contributed by atoms with Crippen molar-refractivity contribution in [3.63, 3.8) is 0 Å². The minimum atomic E-state index is -5.08. The van der Waals surface area contributed by atoms with Gasteiger partial charge in [-0.25, -0.2) is 10.3 Å². The maximum absolute atomic E-state index is 12.9. The average molecular weight is 520 g/mol. The Bertz CT molecular complexity index is 1140. The minimum Gasteiger partial charge on any atom is -0.475 e. The van der Waals surface area contributed by atoms with Crippen molar-refractivity contribution in [1.82, 2.24) is 15.3 Å². The van der Waals surface area contributed by atoms with E-state index in [1.165, 1.54) is 6.08 Å². The lowest BCUT2D eigenvalue weighted by Gasteiger charge is -2.32. The fourth-order valence-electron chi connectivity index (χ4n) is 3.38. The van der Waals surface area contributed by atoms with Crippen LogP contribution in [0.1, 0.15) is 27.0 Å². The van der Waals surface area contributed by atoms with Gasteiger partial charge in [0, 0.05) is 44.4 Å². The van der Waals surface area contributed by atoms with Crippen molar-refractivity contribution in [3.8, 4) is 0 Å². The largest absolute Gasteiger partial charge is 0.490 e. The quantitative estimate of drug-likeness (QED) is 0.222. The zero-order chi connectivity index (χ0) is 27.4. The number of carbonyl (C=O) groups is 3. The number of hydrogen-bond donors (Lipinski definition) is 3. The van der Waals surface area contributed by atoms with Gasteiger partial charge in [0.15, 0.2) is 5.78 Å². The molecule has 0 spiro atoms. The lowest BCUT2D eigenvalue weighted by Crippen LogP contribution is -2.44. The number of hydrogen-bond acceptors (Lipinski definition) is 6. The molecule has 37 heavy (non-hydrogen) atoms. The van der Waals surface area contributed by atoms with Crippen LogP contribution in [0.25, 0.3) is 12.2 Å². The number of rotatable bonds is 7. The summed E-state index contributed by atoms with van der Waals surface area (Å²) < 4.78 is 31.7. The highest BCUT2D eigenvalue weighted by Gasteiger charge is 2.38. The third kappa shape index (κ3) is 10.4. The number of amides is 1. The van der Waals surface area contributed by atoms with E-state index in [-0.39, 0.29) is 5.78 Å². The van der Waals surface area contributed by atoms with Crippen LogP contribution < -0.4 is 5.48 Å². The van der Waals surface area contributed by atoms with E-state index in [4.69, 9.17) is 15.1 Å². The van der Waals surface area contributed by atoms with Gasteiger partial charge in [-0.05, 0) is 42.0 Å². The summed E-state index contributed by atoms with van der Waals surface area (Å²) in [7, 11) is 2.13. The number of carbonyl (C=O) groups excluding carboxylic acids is 2. The zero-order valence-electron chi connectivity index (χ0n) is 20.1. The standard InChI is InChI=1S/C24H27N3O3.C2HF3O2/c1-26-13-15-27(16-14-26)18-21-7-2-3-8-22(21)23(28)11-9-19-5-4-6-20(17-19)10-12-24(29)25-30;3-2(4,5)1(6)7/h2-12,17,30H,13-16,18H2,1H3,(H,25,29);(H,6,7)/b11-9+,12-10+;. The third-order valence-corrected chi connectivity index (χ3v) is 5.39. The number of piperazine rings is 1. The number of carboxylic acids is 1. The van der Waals surface area contributed by atoms with Crippen molar-refractivity contribution in [2.75, 3.05) is 33.2 Å². The molecule has 2 aromatic carbocycles. The number of alkyl halides is 3. The van der Waals surface area contributed by atoms with Gasteiger partial charge in [-0.1, -0.05) is 48.5 Å². The molecule has 0 unspecified atom stereocenters. The molecule has 2 aromatic rings. The number of carboxylic acid groups (broad SMARTS) is 1. The fraction of sp³-hybridized carbons (Fsp3) is 0.269. The van der Waals surface area contributed by atoms with Crippen LogP contribution in [0.4, 0.5) is 13.2 Å². The minimum absolute atomic E-state index is 0.0275. The van der Waals surface area contributed by atoms with E-state index in [0.717, 1.165) is 55.0 Å². The van der Waals surface area contributed by atoms with Crippen LogP contribution in [0.5, 0.6) is 0 Å². The molecule has 3 rings (SSSR count). The molecule has 0 radical (unpaired) electrons. The van der Waals surface area contributed by atoms with Gasteiger partial charge in [-0.3, -0.25) is 19.7 Å². The summed E-state index contributed by atoms with van der Waals surface area (Å²) in [6.45, 7) is 4.87. The van der Waals surface area contributed by atoms with Crippen LogP contribution >= 0.6 is 0 Å². The van der Waals surface area contributed by atoms with E-state index in [1.54, 1.807) is 23.7 Å². The summed E-state index contributed by atoms with van der Waals surface area (Å²) in [4.78, 5) is 37.6. The predicted molar refractivity (Wildman–Crippen MR) is 132 cm³/mol. The summed E-state index contributed by atoms with van der Waals surface area (Å²) in [5, 5.41) is 15.7. The highest BCUT2D eigenvalue weighted by Crippen LogP contribution is 2.16. The Morgan fingerprint density at radius 3 is 2.08 bits per heavy atom. The molecule has 0 aliphatic carbocycles. The van der Waals surface area contributed by atoms with Crippen LogP contribution in [-0.2, 0) is 16.1 Å². The van der Waals surface area contributed by atoms with Crippen molar-refractivity contribution in [2.45, 2.75) is 12.7 Å². The monoisotopic (exact) mass is 519 g/mol. The number of halogens is 3. The van der Waals surface area contributed by atoms with Crippen LogP contribution in [0.3, 0.4) is 0 Å². The molecule has 0 aromatic heterocycles. The van der Waals surface area contributed by atoms with Gasteiger partial charge in [0.25, 0.3) is 5.91 Å². The van der Waals surface area contributed by atoms with Gasteiger partial charge in [0.2, 0.25) is 0 Å². The second-order valence-corrected chi connectivity index (χ2v) is 8.22. The first-order chi connectivity index (χ1) is 17.5. The normalized spacial score (nSPS) is 14.8. The number of aliphatic carboxylic acids is 1. The summed E-state index contributed by atoms with van der Waals surface area (Å²) in [5.41, 5.74) is 4.97. The van der Waals surface area contributed by atoms with E-state index in [9.17, 15) is 22.8 Å². The van der Waals surface area contributed by atoms with Crippen molar-refractivity contribution in [3.05, 3.63) is 82.9 Å². The number of ketones is 1. The summed E-state index contributed by atoms with van der Waals surface area (Å²) in [6, 6.07) is 15.2. The van der Waals surface area contributed by atoms with Crippen LogP contribution in [0, 0.1) is 0 Å². The van der Waals surface area contributed by atoms with Gasteiger partial charge in [-0.15, -0.1) is 0 Å². The van der Waals surface area contributed by atoms with E-state index in [0.29, 0.717) is 0 Å². The molecule has 198 valence electrons. The molecule has 0 saturated carbocycles. The molecule has 0 bridgehead atoms. The lowest BCUT2D eigenvalue weighted by molar-refractivity contribution is -0.192. The van der Waals surface area contributed by atoms with Crippen molar-refractivity contribution in [2.24, 2.45) is 0 Å². The van der Waals surface area contributed by atoms with Gasteiger partial charge < -0.3 is 10.0 Å². The number of hydroxylamine groups is 1. The van der Waals surface area contributed by atoms with Gasteiger partial charge >= 0.3 is 12.1 Å². The lowest BCUT2D eigenvalue weighted by atomic mass is 10.0. The molecular formula is C26H28F3N3O5. The maximum atomic E-state index is 12.9. The second kappa shape index (κ2) is 14.1. The SMILES string of the molecule is CN1CCN(Cc2ccccc2C(=O)/C=C/c2cccc(/C=C/C(=O)NO)c2)CC1.O=C(O)C(F)(F)F. The van der Waals surface area contributed by atoms with Gasteiger partial charge in [-0.2, -0.15) is 13.2 Å². The van der Waals surface area contributed by atoms with Crippen molar-refractivity contribution >= 4 is 29.8 Å². The maximum Gasteiger partial charge on any atom is 0.490 e. The Morgan fingerprint density at radius 1 is 0.946 bits per heavy atom. The van der Waals surface area contributed by atoms with Crippen LogP contribution in [0.15, 0.2) is 60.7 Å². The number of nitrogens with zero attached hydrogens (tertiary/aromatic N) is 2. The number of nitrogens with one attached hydrogen (secondary N) is 1. The van der Waals surface area contributed by atoms with Gasteiger partial charge in [0.05, 0.1) is 0 Å². The predicted octanol–water partition coefficient (Wildman–Crippen LogP) is 3.48. The van der Waals surface area contributed by atoms with Crippen molar-refractivity contribution in [1.29, 1.82) is 0 Å². The Hall–Kier alpha value is -3.80. The van der Waals surface area contributed by atoms with E-state index in [1.807, 2.05) is 48.5 Å². The molecule has 1 fully saturated rings. The number of allylic oxidation sites excluding steroid dienone is 1. The Labute approximate surface area is 212 Å². The molecule has 3 N–H and O–H groups in total. The molecule has 1 heterocycles. The molecule has 1 amide bonds. The molecular weight excluding hydrogens is 491 g/mol. The van der Waals surface area contributed by atoms with E-state index >= 15 is 0 Å². The van der Waals surface area contributed by atoms with Crippen LogP contribution in [-0.4, -0.2) is 77.2 Å². The molecule has 8 nitrogen and oxygen atoms in total. The Morgan fingerprint density at radius 2 is 1.51 bits per heavy atom. The topological polar surface area (TPSA) is 110 Å². The first-order valence-electron chi connectivity index (χ1n) is 11.2. The summed E-state index contributed by atoms with van der Waals surface area (Å²) in [6.07, 6.45) is 1.11. The highest BCUT2D eigenvalue weighted by atomic mass is 19.4. The summed E-state index contributed by atoms with van der Waals surface area (Å²) in [5.74, 6) is -3.38. The molecule has 0 atom stereocenters. The highest BCUT2D eigenvalue weighted by molar-refractivity contribution is 6.07. The Balaban J connectivity index is 0.000000604. The van der Waals surface area contributed by atoms with Crippen LogP contribution in [0.2, 0.25) is 0 Å². The number of benzene rings is 2. The first-order valence-corrected chi connectivity index (χ1v) is 11.2. The number of likely N-dealkylation sites (N-methyl/N-ethyl adjacent to an activating group) is 1. The van der Waals surface area contributed by atoms with E-state index < -0.39 is 18.1 Å². The fourth-order valence-corrected chi connectivity index (χ4v) is 3.38. The first kappa shape index (κ1) is 29.4. The smallest absolute Gasteiger partial charge is 0.475 e. The third-order valence-electron chi connectivity index (χ3n) is 5.39.